The molecule has 7 heteroatoms. The van der Waals surface area contributed by atoms with Gasteiger partial charge >= 0.3 is 0 Å². The Morgan fingerprint density at radius 3 is 2.37 bits per heavy atom. The highest BCUT2D eigenvalue weighted by Crippen LogP contribution is 2.30. The van der Waals surface area contributed by atoms with Gasteiger partial charge in [0.25, 0.3) is 5.91 Å². The van der Waals surface area contributed by atoms with Gasteiger partial charge < -0.3 is 5.32 Å². The van der Waals surface area contributed by atoms with E-state index in [9.17, 15) is 13.6 Å². The number of rotatable bonds is 3. The topological polar surface area (TPSA) is 68.2 Å². The van der Waals surface area contributed by atoms with E-state index in [2.05, 4.69) is 16.8 Å². The third-order valence-corrected chi connectivity index (χ3v) is 5.93. The van der Waals surface area contributed by atoms with Gasteiger partial charge in [-0.2, -0.15) is 5.26 Å². The summed E-state index contributed by atoms with van der Waals surface area (Å²) in [5.74, 6) is -1.61. The smallest absolute Gasteiger partial charge is 0.269 e. The van der Waals surface area contributed by atoms with E-state index in [0.29, 0.717) is 22.5 Å². The minimum absolute atomic E-state index is 0.257. The second-order valence-corrected chi connectivity index (χ2v) is 8.19. The van der Waals surface area contributed by atoms with Crippen molar-refractivity contribution in [2.45, 2.75) is 12.6 Å². The lowest BCUT2D eigenvalue weighted by Crippen LogP contribution is -2.57. The molecule has 3 aromatic rings. The summed E-state index contributed by atoms with van der Waals surface area (Å²) in [6.07, 6.45) is 4.75. The van der Waals surface area contributed by atoms with Crippen molar-refractivity contribution in [3.05, 3.63) is 125 Å². The Hall–Kier alpha value is -4.70. The van der Waals surface area contributed by atoms with E-state index in [0.717, 1.165) is 17.2 Å². The predicted molar refractivity (Wildman–Crippen MR) is 129 cm³/mol. The third kappa shape index (κ3) is 4.55. The molecule has 2 heterocycles. The molecule has 2 aliphatic rings. The highest BCUT2D eigenvalue weighted by Gasteiger charge is 2.31. The van der Waals surface area contributed by atoms with Crippen molar-refractivity contribution in [2.24, 2.45) is 0 Å². The molecule has 1 amide bonds. The van der Waals surface area contributed by atoms with E-state index in [1.54, 1.807) is 36.4 Å². The van der Waals surface area contributed by atoms with Crippen molar-refractivity contribution < 1.29 is 13.6 Å². The van der Waals surface area contributed by atoms with Crippen LogP contribution >= 0.6 is 0 Å². The Balaban J connectivity index is 1.57. The fourth-order valence-electron chi connectivity index (χ4n) is 4.15. The van der Waals surface area contributed by atoms with Crippen LogP contribution in [0, 0.1) is 23.0 Å². The molecule has 5 rings (SSSR count). The SMILES string of the molecule is N#Cc1ccc(C2=CC(=O)N3N/C(c4ccccc4)=C\C=C(\c4ccc(F)cc4F)CC3N2)cc1. The summed E-state index contributed by atoms with van der Waals surface area (Å²) < 4.78 is 28.3. The van der Waals surface area contributed by atoms with E-state index < -0.39 is 17.8 Å². The standard InChI is InChI=1S/C28H20F2N4O/c29-22-11-12-23(24(30)15-22)21-10-13-25(19-4-2-1-3-5-19)33-34-27(14-21)32-26(16-28(34)35)20-8-6-18(17-31)7-9-20/h1-13,15-16,27,32-33H,14H2/b21-10+,25-13-. The number of nitrogens with one attached hydrogen (secondary N) is 2. The van der Waals surface area contributed by atoms with Gasteiger partial charge in [-0.15, -0.1) is 0 Å². The number of amides is 1. The van der Waals surface area contributed by atoms with Gasteiger partial charge in [0.15, 0.2) is 0 Å². The molecule has 3 aromatic carbocycles. The van der Waals surface area contributed by atoms with Crippen LogP contribution in [0.1, 0.15) is 28.7 Å². The average molecular weight is 466 g/mol. The number of fused-ring (bicyclic) bond motifs is 1. The predicted octanol–water partition coefficient (Wildman–Crippen LogP) is 4.97. The summed E-state index contributed by atoms with van der Waals surface area (Å²) in [5.41, 5.74) is 7.43. The maximum atomic E-state index is 14.7. The van der Waals surface area contributed by atoms with Gasteiger partial charge in [0, 0.05) is 29.8 Å². The van der Waals surface area contributed by atoms with Crippen LogP contribution in [-0.2, 0) is 4.79 Å². The van der Waals surface area contributed by atoms with Crippen LogP contribution in [0.3, 0.4) is 0 Å². The molecule has 0 saturated heterocycles. The molecule has 0 aliphatic carbocycles. The number of carbonyl (C=O) groups is 1. The highest BCUT2D eigenvalue weighted by atomic mass is 19.1. The molecule has 1 atom stereocenters. The van der Waals surface area contributed by atoms with Crippen LogP contribution in [0.15, 0.2) is 91.0 Å². The molecule has 1 unspecified atom stereocenters. The summed E-state index contributed by atoms with van der Waals surface area (Å²) in [4.78, 5) is 13.3. The molecule has 2 aliphatic heterocycles. The zero-order valence-electron chi connectivity index (χ0n) is 18.5. The molecular weight excluding hydrogens is 446 g/mol. The maximum Gasteiger partial charge on any atom is 0.269 e. The van der Waals surface area contributed by atoms with Crippen LogP contribution in [0.25, 0.3) is 17.0 Å². The number of hydrogen-bond acceptors (Lipinski definition) is 4. The van der Waals surface area contributed by atoms with Crippen LogP contribution in [0.5, 0.6) is 0 Å². The van der Waals surface area contributed by atoms with E-state index in [1.165, 1.54) is 23.2 Å². The molecule has 0 aromatic heterocycles. The first-order chi connectivity index (χ1) is 17.0. The van der Waals surface area contributed by atoms with Gasteiger partial charge in [-0.25, -0.2) is 13.8 Å². The highest BCUT2D eigenvalue weighted by molar-refractivity contribution is 5.97. The van der Waals surface area contributed by atoms with Gasteiger partial charge in [-0.1, -0.05) is 48.5 Å². The number of nitrogens with zero attached hydrogens (tertiary/aromatic N) is 2. The fourth-order valence-corrected chi connectivity index (χ4v) is 4.15. The first-order valence-electron chi connectivity index (χ1n) is 11.0. The Morgan fingerprint density at radius 1 is 0.914 bits per heavy atom. The van der Waals surface area contributed by atoms with Crippen LogP contribution in [0.2, 0.25) is 0 Å². The lowest BCUT2D eigenvalue weighted by atomic mass is 9.97. The molecule has 172 valence electrons. The number of allylic oxidation sites excluding steroid dienone is 2. The molecule has 0 spiro atoms. The normalized spacial score (nSPS) is 20.4. The Kier molecular flexibility index (Phi) is 5.86. The molecule has 35 heavy (non-hydrogen) atoms. The quantitative estimate of drug-likeness (QED) is 0.572. The second kappa shape index (κ2) is 9.27. The lowest BCUT2D eigenvalue weighted by Gasteiger charge is -2.39. The van der Waals surface area contributed by atoms with Crippen LogP contribution < -0.4 is 10.7 Å². The Bertz CT molecular complexity index is 1420. The Labute approximate surface area is 201 Å². The summed E-state index contributed by atoms with van der Waals surface area (Å²) in [6, 6.07) is 21.9. The third-order valence-electron chi connectivity index (χ3n) is 5.93. The van der Waals surface area contributed by atoms with Crippen molar-refractivity contribution in [1.82, 2.24) is 15.8 Å². The van der Waals surface area contributed by atoms with Crippen LogP contribution in [-0.4, -0.2) is 17.1 Å². The first kappa shape index (κ1) is 22.1. The minimum atomic E-state index is -0.670. The first-order valence-corrected chi connectivity index (χ1v) is 11.0. The summed E-state index contributed by atoms with van der Waals surface area (Å²) >= 11 is 0. The zero-order valence-corrected chi connectivity index (χ0v) is 18.5. The molecule has 0 fully saturated rings. The summed E-state index contributed by atoms with van der Waals surface area (Å²) in [6.45, 7) is 0. The number of hydrogen-bond donors (Lipinski definition) is 2. The summed E-state index contributed by atoms with van der Waals surface area (Å²) in [7, 11) is 0. The number of carbonyl (C=O) groups excluding carboxylic acids is 1. The number of nitriles is 1. The van der Waals surface area contributed by atoms with Gasteiger partial charge in [0.2, 0.25) is 0 Å². The monoisotopic (exact) mass is 466 g/mol. The fraction of sp³-hybridized carbons (Fsp3) is 0.0714. The van der Waals surface area contributed by atoms with Gasteiger partial charge in [0.1, 0.15) is 17.8 Å². The van der Waals surface area contributed by atoms with Crippen molar-refractivity contribution in [1.29, 1.82) is 5.26 Å². The van der Waals surface area contributed by atoms with E-state index in [1.807, 2.05) is 30.3 Å². The molecule has 0 saturated carbocycles. The summed E-state index contributed by atoms with van der Waals surface area (Å²) in [5, 5.41) is 13.9. The van der Waals surface area contributed by atoms with E-state index in [-0.39, 0.29) is 17.9 Å². The molecule has 2 N–H and O–H groups in total. The van der Waals surface area contributed by atoms with Crippen molar-refractivity contribution in [3.63, 3.8) is 0 Å². The largest absolute Gasteiger partial charge is 0.363 e. The number of hydrazine groups is 1. The minimum Gasteiger partial charge on any atom is -0.363 e. The Morgan fingerprint density at radius 2 is 1.66 bits per heavy atom. The number of benzene rings is 3. The second-order valence-electron chi connectivity index (χ2n) is 8.19. The van der Waals surface area contributed by atoms with E-state index in [4.69, 9.17) is 5.26 Å². The van der Waals surface area contributed by atoms with Gasteiger partial charge in [0.05, 0.1) is 17.3 Å². The maximum absolute atomic E-state index is 14.7. The molecule has 5 nitrogen and oxygen atoms in total. The van der Waals surface area contributed by atoms with Crippen molar-refractivity contribution in [2.75, 3.05) is 0 Å². The number of halogens is 2. The molecule has 0 radical (unpaired) electrons. The average Bonchev–Trinajstić information content (AvgIpc) is 2.86. The van der Waals surface area contributed by atoms with Gasteiger partial charge in [-0.05, 0) is 47.0 Å². The zero-order chi connectivity index (χ0) is 24.4. The lowest BCUT2D eigenvalue weighted by molar-refractivity contribution is -0.131. The van der Waals surface area contributed by atoms with Gasteiger partial charge in [-0.3, -0.25) is 10.2 Å². The molecular formula is C28H20F2N4O. The molecule has 0 bridgehead atoms. The van der Waals surface area contributed by atoms with Crippen molar-refractivity contribution in [3.8, 4) is 6.07 Å². The van der Waals surface area contributed by atoms with Crippen LogP contribution in [0.4, 0.5) is 8.78 Å². The van der Waals surface area contributed by atoms with Crippen molar-refractivity contribution >= 4 is 22.9 Å². The van der Waals surface area contributed by atoms with E-state index >= 15 is 0 Å².